The number of aromatic nitrogens is 2. The third-order valence-electron chi connectivity index (χ3n) is 4.54. The molecule has 2 heterocycles. The van der Waals surface area contributed by atoms with Gasteiger partial charge >= 0.3 is 0 Å². The molecule has 2 aromatic heterocycles. The first-order chi connectivity index (χ1) is 11.3. The molecule has 0 N–H and O–H groups in total. The van der Waals surface area contributed by atoms with E-state index >= 15 is 0 Å². The van der Waals surface area contributed by atoms with Gasteiger partial charge in [0.25, 0.3) is 0 Å². The van der Waals surface area contributed by atoms with Crippen molar-refractivity contribution in [3.05, 3.63) is 71.6 Å². The van der Waals surface area contributed by atoms with Crippen LogP contribution in [0.5, 0.6) is 0 Å². The largest absolute Gasteiger partial charge is 0.359 e. The number of hydrogen-bond acceptors (Lipinski definition) is 4. The van der Waals surface area contributed by atoms with E-state index < -0.39 is 0 Å². The van der Waals surface area contributed by atoms with Crippen molar-refractivity contribution in [2.45, 2.75) is 25.4 Å². The average Bonchev–Trinajstić information content (AvgIpc) is 3.22. The van der Waals surface area contributed by atoms with Crippen LogP contribution in [0.3, 0.4) is 0 Å². The van der Waals surface area contributed by atoms with Crippen molar-refractivity contribution >= 4 is 0 Å². The fourth-order valence-electron chi connectivity index (χ4n) is 3.24. The van der Waals surface area contributed by atoms with Crippen molar-refractivity contribution in [3.63, 3.8) is 0 Å². The first kappa shape index (κ1) is 14.2. The molecule has 0 atom stereocenters. The first-order valence-corrected chi connectivity index (χ1v) is 7.93. The van der Waals surface area contributed by atoms with Gasteiger partial charge in [0.1, 0.15) is 5.69 Å². The summed E-state index contributed by atoms with van der Waals surface area (Å²) in [5, 5.41) is 4.14. The van der Waals surface area contributed by atoms with Crippen molar-refractivity contribution in [3.8, 4) is 11.4 Å². The molecule has 4 rings (SSSR count). The summed E-state index contributed by atoms with van der Waals surface area (Å²) < 4.78 is 5.49. The van der Waals surface area contributed by atoms with Crippen LogP contribution in [0.25, 0.3) is 11.4 Å². The van der Waals surface area contributed by atoms with E-state index in [4.69, 9.17) is 4.52 Å². The van der Waals surface area contributed by atoms with Crippen molar-refractivity contribution in [2.24, 2.45) is 0 Å². The van der Waals surface area contributed by atoms with E-state index in [2.05, 4.69) is 46.4 Å². The van der Waals surface area contributed by atoms with Gasteiger partial charge in [-0.3, -0.25) is 9.88 Å². The van der Waals surface area contributed by atoms with Gasteiger partial charge in [0.05, 0.1) is 12.2 Å². The summed E-state index contributed by atoms with van der Waals surface area (Å²) in [5.41, 5.74) is 4.58. The predicted octanol–water partition coefficient (Wildman–Crippen LogP) is 3.34. The molecule has 0 radical (unpaired) electrons. The number of rotatable bonds is 4. The summed E-state index contributed by atoms with van der Waals surface area (Å²) >= 11 is 0. The number of nitrogens with zero attached hydrogens (tertiary/aromatic N) is 3. The van der Waals surface area contributed by atoms with Crippen LogP contribution in [0.2, 0.25) is 0 Å². The second-order valence-electron chi connectivity index (χ2n) is 6.14. The minimum atomic E-state index is 0.524. The van der Waals surface area contributed by atoms with Crippen LogP contribution in [-0.2, 0) is 19.4 Å². The van der Waals surface area contributed by atoms with Crippen molar-refractivity contribution < 1.29 is 4.52 Å². The topological polar surface area (TPSA) is 42.2 Å². The van der Waals surface area contributed by atoms with Crippen LogP contribution >= 0.6 is 0 Å². The van der Waals surface area contributed by atoms with Gasteiger partial charge in [0.15, 0.2) is 5.76 Å². The normalized spacial score (nSPS) is 14.3. The Morgan fingerprint density at radius 1 is 1.04 bits per heavy atom. The quantitative estimate of drug-likeness (QED) is 0.741. The molecule has 4 nitrogen and oxygen atoms in total. The van der Waals surface area contributed by atoms with E-state index in [9.17, 15) is 0 Å². The molecule has 0 bridgehead atoms. The number of fused-ring (bicyclic) bond motifs is 1. The lowest BCUT2D eigenvalue weighted by molar-refractivity contribution is 0.212. The number of likely N-dealkylation sites (N-methyl/N-ethyl adjacent to an activating group) is 1. The fraction of sp³-hybridized carbons (Fsp3) is 0.263. The summed E-state index contributed by atoms with van der Waals surface area (Å²) in [5.74, 6) is 0.879. The molecule has 116 valence electrons. The summed E-state index contributed by atoms with van der Waals surface area (Å²) in [6.07, 6.45) is 3.98. The molecule has 0 saturated heterocycles. The Morgan fingerprint density at radius 2 is 1.78 bits per heavy atom. The number of benzene rings is 1. The lowest BCUT2D eigenvalue weighted by Crippen LogP contribution is -2.31. The van der Waals surface area contributed by atoms with Gasteiger partial charge in [-0.15, -0.1) is 0 Å². The van der Waals surface area contributed by atoms with Crippen molar-refractivity contribution in [1.82, 2.24) is 15.0 Å². The van der Waals surface area contributed by atoms with Crippen LogP contribution in [0.4, 0.5) is 0 Å². The SMILES string of the molecule is CN(Cc1cc(-c2ccccn2)no1)C1Cc2ccccc2C1. The van der Waals surface area contributed by atoms with E-state index in [1.54, 1.807) is 6.20 Å². The lowest BCUT2D eigenvalue weighted by atomic mass is 10.1. The molecule has 23 heavy (non-hydrogen) atoms. The molecule has 3 aromatic rings. The van der Waals surface area contributed by atoms with Crippen LogP contribution in [0, 0.1) is 0 Å². The standard InChI is InChI=1S/C19H19N3O/c1-22(16-10-14-6-2-3-7-15(14)11-16)13-17-12-19(21-23-17)18-8-4-5-9-20-18/h2-9,12,16H,10-11,13H2,1H3. The monoisotopic (exact) mass is 305 g/mol. The van der Waals surface area contributed by atoms with Crippen LogP contribution in [0.1, 0.15) is 16.9 Å². The Labute approximate surface area is 135 Å². The van der Waals surface area contributed by atoms with Gasteiger partial charge in [-0.05, 0) is 43.1 Å². The highest BCUT2D eigenvalue weighted by molar-refractivity contribution is 5.52. The molecule has 0 amide bonds. The second kappa shape index (κ2) is 5.97. The van der Waals surface area contributed by atoms with Gasteiger partial charge in [0.2, 0.25) is 0 Å². The Kier molecular flexibility index (Phi) is 3.67. The molecule has 0 fully saturated rings. The molecule has 1 aliphatic carbocycles. The summed E-state index contributed by atoms with van der Waals surface area (Å²) in [6.45, 7) is 0.762. The van der Waals surface area contributed by atoms with Crippen LogP contribution < -0.4 is 0 Å². The molecule has 0 spiro atoms. The first-order valence-electron chi connectivity index (χ1n) is 7.93. The highest BCUT2D eigenvalue weighted by Crippen LogP contribution is 2.26. The van der Waals surface area contributed by atoms with Crippen molar-refractivity contribution in [2.75, 3.05) is 7.05 Å². The summed E-state index contributed by atoms with van der Waals surface area (Å²) in [4.78, 5) is 6.66. The molecular formula is C19H19N3O. The molecular weight excluding hydrogens is 286 g/mol. The van der Waals surface area contributed by atoms with E-state index in [1.807, 2.05) is 24.3 Å². The third kappa shape index (κ3) is 2.90. The van der Waals surface area contributed by atoms with Crippen LogP contribution in [-0.4, -0.2) is 28.1 Å². The summed E-state index contributed by atoms with van der Waals surface area (Å²) in [6, 6.07) is 17.0. The highest BCUT2D eigenvalue weighted by Gasteiger charge is 2.25. The average molecular weight is 305 g/mol. The lowest BCUT2D eigenvalue weighted by Gasteiger charge is -2.22. The van der Waals surface area contributed by atoms with Crippen molar-refractivity contribution in [1.29, 1.82) is 0 Å². The Morgan fingerprint density at radius 3 is 2.48 bits per heavy atom. The maximum atomic E-state index is 5.49. The molecule has 0 aliphatic heterocycles. The van der Waals surface area contributed by atoms with E-state index in [0.717, 1.165) is 36.5 Å². The van der Waals surface area contributed by atoms with E-state index in [0.29, 0.717) is 6.04 Å². The number of hydrogen-bond donors (Lipinski definition) is 0. The highest BCUT2D eigenvalue weighted by atomic mass is 16.5. The van der Waals surface area contributed by atoms with Crippen LogP contribution in [0.15, 0.2) is 59.3 Å². The predicted molar refractivity (Wildman–Crippen MR) is 88.8 cm³/mol. The zero-order valence-corrected chi connectivity index (χ0v) is 13.1. The molecule has 1 aromatic carbocycles. The van der Waals surface area contributed by atoms with E-state index in [-0.39, 0.29) is 0 Å². The number of pyridine rings is 1. The smallest absolute Gasteiger partial charge is 0.151 e. The Balaban J connectivity index is 1.44. The van der Waals surface area contributed by atoms with Gasteiger partial charge in [-0.2, -0.15) is 0 Å². The maximum absolute atomic E-state index is 5.49. The minimum Gasteiger partial charge on any atom is -0.359 e. The Bertz CT molecular complexity index is 772. The third-order valence-corrected chi connectivity index (χ3v) is 4.54. The minimum absolute atomic E-state index is 0.524. The molecule has 0 saturated carbocycles. The van der Waals surface area contributed by atoms with Gasteiger partial charge in [0, 0.05) is 18.3 Å². The molecule has 4 heteroatoms. The zero-order valence-electron chi connectivity index (χ0n) is 13.1. The van der Waals surface area contributed by atoms with E-state index in [1.165, 1.54) is 11.1 Å². The Hall–Kier alpha value is -2.46. The summed E-state index contributed by atoms with van der Waals surface area (Å²) in [7, 11) is 2.15. The maximum Gasteiger partial charge on any atom is 0.151 e. The van der Waals surface area contributed by atoms with Gasteiger partial charge in [-0.1, -0.05) is 35.5 Å². The second-order valence-corrected chi connectivity index (χ2v) is 6.14. The van der Waals surface area contributed by atoms with Gasteiger partial charge < -0.3 is 4.52 Å². The zero-order chi connectivity index (χ0) is 15.6. The molecule has 0 unspecified atom stereocenters. The molecule has 1 aliphatic rings. The fourth-order valence-corrected chi connectivity index (χ4v) is 3.24. The van der Waals surface area contributed by atoms with Gasteiger partial charge in [-0.25, -0.2) is 0 Å².